The molecule has 2 N–H and O–H groups in total. The molecule has 0 amide bonds. The lowest BCUT2D eigenvalue weighted by Crippen LogP contribution is -2.12. The predicted molar refractivity (Wildman–Crippen MR) is 63.4 cm³/mol. The highest BCUT2D eigenvalue weighted by Gasteiger charge is 2.10. The highest BCUT2D eigenvalue weighted by atomic mass is 16.4. The van der Waals surface area contributed by atoms with Crippen molar-refractivity contribution < 1.29 is 4.42 Å². The Labute approximate surface area is 93.7 Å². The molecule has 0 spiro atoms. The summed E-state index contributed by atoms with van der Waals surface area (Å²) in [6, 6.07) is 5.71. The van der Waals surface area contributed by atoms with Crippen molar-refractivity contribution >= 4 is 11.1 Å². The van der Waals surface area contributed by atoms with Gasteiger partial charge in [-0.05, 0) is 31.0 Å². The number of aromatic nitrogens is 1. The summed E-state index contributed by atoms with van der Waals surface area (Å²) in [7, 11) is 0. The van der Waals surface area contributed by atoms with Crippen LogP contribution in [0.4, 0.5) is 0 Å². The molecule has 0 saturated heterocycles. The van der Waals surface area contributed by atoms with E-state index < -0.39 is 0 Å². The van der Waals surface area contributed by atoms with Gasteiger partial charge in [0.2, 0.25) is 0 Å². The van der Waals surface area contributed by atoms with Crippen molar-refractivity contribution in [3.8, 4) is 0 Å². The average Bonchev–Trinajstić information content (AvgIpc) is 2.62. The second-order valence-corrected chi connectivity index (χ2v) is 3.85. The number of aryl methyl sites for hydroxylation is 1. The fraction of sp³-hybridized carbons (Fsp3) is 0.417. The molecule has 0 bridgehead atoms. The molecular weight excluding hydrogens is 204 g/mol. The third kappa shape index (κ3) is 1.65. The summed E-state index contributed by atoms with van der Waals surface area (Å²) >= 11 is 0. The van der Waals surface area contributed by atoms with Gasteiger partial charge in [-0.25, -0.2) is 4.79 Å². The smallest absolute Gasteiger partial charge is 0.408 e. The maximum atomic E-state index is 11.5. The monoisotopic (exact) mass is 220 g/mol. The molecule has 1 heterocycles. The summed E-state index contributed by atoms with van der Waals surface area (Å²) < 4.78 is 6.78. The zero-order valence-corrected chi connectivity index (χ0v) is 9.56. The van der Waals surface area contributed by atoms with Crippen LogP contribution in [0.15, 0.2) is 27.4 Å². The first-order valence-corrected chi connectivity index (χ1v) is 5.56. The number of hydrogen-bond donors (Lipinski definition) is 1. The Hall–Kier alpha value is -1.55. The van der Waals surface area contributed by atoms with Gasteiger partial charge in [-0.2, -0.15) is 0 Å². The standard InChI is InChI=1S/C12H16N2O2/c1-3-9(13)8-5-6-10-11(7-8)16-12(15)14(10)4-2/h5-7,9H,3-4,13H2,1-2H3/t9-/m0/s1. The van der Waals surface area contributed by atoms with E-state index in [0.29, 0.717) is 12.1 Å². The van der Waals surface area contributed by atoms with E-state index >= 15 is 0 Å². The van der Waals surface area contributed by atoms with E-state index in [2.05, 4.69) is 0 Å². The summed E-state index contributed by atoms with van der Waals surface area (Å²) in [6.07, 6.45) is 0.865. The first-order valence-electron chi connectivity index (χ1n) is 5.56. The van der Waals surface area contributed by atoms with Crippen LogP contribution in [-0.4, -0.2) is 4.57 Å². The number of nitrogens with two attached hydrogens (primary N) is 1. The molecule has 2 aromatic rings. The Morgan fingerprint density at radius 2 is 2.19 bits per heavy atom. The van der Waals surface area contributed by atoms with E-state index in [4.69, 9.17) is 10.2 Å². The second-order valence-electron chi connectivity index (χ2n) is 3.85. The Bertz CT molecular complexity index is 554. The Kier molecular flexibility index (Phi) is 2.83. The Morgan fingerprint density at radius 3 is 2.81 bits per heavy atom. The first kappa shape index (κ1) is 11.0. The molecule has 16 heavy (non-hydrogen) atoms. The van der Waals surface area contributed by atoms with Crippen LogP contribution in [0.2, 0.25) is 0 Å². The molecule has 0 unspecified atom stereocenters. The van der Waals surface area contributed by atoms with Crippen LogP contribution in [0.5, 0.6) is 0 Å². The van der Waals surface area contributed by atoms with E-state index in [1.807, 2.05) is 32.0 Å². The highest BCUT2D eigenvalue weighted by Crippen LogP contribution is 2.20. The summed E-state index contributed by atoms with van der Waals surface area (Å²) in [6.45, 7) is 4.56. The van der Waals surface area contributed by atoms with Crippen LogP contribution in [0.3, 0.4) is 0 Å². The van der Waals surface area contributed by atoms with Crippen LogP contribution in [0, 0.1) is 0 Å². The summed E-state index contributed by atoms with van der Waals surface area (Å²) in [5, 5.41) is 0. The normalized spacial score (nSPS) is 13.2. The highest BCUT2D eigenvalue weighted by molar-refractivity contribution is 5.73. The molecule has 1 aromatic carbocycles. The lowest BCUT2D eigenvalue weighted by Gasteiger charge is -2.08. The molecular formula is C12H16N2O2. The van der Waals surface area contributed by atoms with Gasteiger partial charge < -0.3 is 10.2 Å². The van der Waals surface area contributed by atoms with Crippen molar-refractivity contribution in [2.75, 3.05) is 0 Å². The van der Waals surface area contributed by atoms with E-state index in [1.54, 1.807) is 4.57 Å². The summed E-state index contributed by atoms with van der Waals surface area (Å²) in [5.74, 6) is -0.306. The third-order valence-corrected chi connectivity index (χ3v) is 2.88. The van der Waals surface area contributed by atoms with Crippen molar-refractivity contribution in [1.29, 1.82) is 0 Å². The van der Waals surface area contributed by atoms with Gasteiger partial charge in [-0.3, -0.25) is 4.57 Å². The zero-order chi connectivity index (χ0) is 11.7. The predicted octanol–water partition coefficient (Wildman–Crippen LogP) is 2.02. The molecule has 0 aliphatic heterocycles. The number of benzene rings is 1. The molecule has 0 saturated carbocycles. The minimum atomic E-state index is -0.306. The Morgan fingerprint density at radius 1 is 1.44 bits per heavy atom. The van der Waals surface area contributed by atoms with Gasteiger partial charge in [0.25, 0.3) is 0 Å². The number of hydrogen-bond acceptors (Lipinski definition) is 3. The molecule has 0 aliphatic rings. The maximum Gasteiger partial charge on any atom is 0.419 e. The van der Waals surface area contributed by atoms with E-state index in [-0.39, 0.29) is 11.8 Å². The molecule has 4 heteroatoms. The van der Waals surface area contributed by atoms with Gasteiger partial charge in [0.1, 0.15) is 0 Å². The quantitative estimate of drug-likeness (QED) is 0.860. The fourth-order valence-electron chi connectivity index (χ4n) is 1.85. The van der Waals surface area contributed by atoms with Gasteiger partial charge in [0.15, 0.2) is 5.58 Å². The first-order chi connectivity index (χ1) is 7.67. The van der Waals surface area contributed by atoms with Crippen LogP contribution in [0.25, 0.3) is 11.1 Å². The summed E-state index contributed by atoms with van der Waals surface area (Å²) in [4.78, 5) is 11.5. The molecule has 0 radical (unpaired) electrons. The minimum absolute atomic E-state index is 0.000298. The topological polar surface area (TPSA) is 61.2 Å². The SMILES string of the molecule is CC[C@H](N)c1ccc2c(c1)oc(=O)n2CC. The lowest BCUT2D eigenvalue weighted by atomic mass is 10.1. The van der Waals surface area contributed by atoms with Crippen LogP contribution in [0.1, 0.15) is 31.9 Å². The number of nitrogens with zero attached hydrogens (tertiary/aromatic N) is 1. The number of fused-ring (bicyclic) bond motifs is 1. The number of rotatable bonds is 3. The van der Waals surface area contributed by atoms with Crippen molar-refractivity contribution in [2.45, 2.75) is 32.9 Å². The third-order valence-electron chi connectivity index (χ3n) is 2.88. The molecule has 1 atom stereocenters. The molecule has 2 rings (SSSR count). The van der Waals surface area contributed by atoms with Gasteiger partial charge in [-0.1, -0.05) is 13.0 Å². The zero-order valence-electron chi connectivity index (χ0n) is 9.56. The van der Waals surface area contributed by atoms with Gasteiger partial charge in [0.05, 0.1) is 5.52 Å². The van der Waals surface area contributed by atoms with Crippen molar-refractivity contribution in [3.63, 3.8) is 0 Å². The van der Waals surface area contributed by atoms with E-state index in [9.17, 15) is 4.79 Å². The molecule has 0 fully saturated rings. The van der Waals surface area contributed by atoms with Crippen molar-refractivity contribution in [3.05, 3.63) is 34.3 Å². The molecule has 4 nitrogen and oxygen atoms in total. The largest absolute Gasteiger partial charge is 0.419 e. The van der Waals surface area contributed by atoms with Gasteiger partial charge in [0, 0.05) is 12.6 Å². The Balaban J connectivity index is 2.60. The van der Waals surface area contributed by atoms with Crippen molar-refractivity contribution in [1.82, 2.24) is 4.57 Å². The van der Waals surface area contributed by atoms with Gasteiger partial charge in [-0.15, -0.1) is 0 Å². The molecule has 0 aliphatic carbocycles. The van der Waals surface area contributed by atoms with E-state index in [1.165, 1.54) is 0 Å². The average molecular weight is 220 g/mol. The minimum Gasteiger partial charge on any atom is -0.408 e. The van der Waals surface area contributed by atoms with Crippen LogP contribution >= 0.6 is 0 Å². The fourth-order valence-corrected chi connectivity index (χ4v) is 1.85. The number of oxazole rings is 1. The van der Waals surface area contributed by atoms with Gasteiger partial charge >= 0.3 is 5.76 Å². The second kappa shape index (κ2) is 4.14. The van der Waals surface area contributed by atoms with E-state index in [0.717, 1.165) is 17.5 Å². The van der Waals surface area contributed by atoms with Crippen LogP contribution < -0.4 is 11.5 Å². The van der Waals surface area contributed by atoms with Crippen LogP contribution in [-0.2, 0) is 6.54 Å². The maximum absolute atomic E-state index is 11.5. The summed E-state index contributed by atoms with van der Waals surface area (Å²) in [5.41, 5.74) is 8.39. The molecule has 1 aromatic heterocycles. The lowest BCUT2D eigenvalue weighted by molar-refractivity contribution is 0.512. The van der Waals surface area contributed by atoms with Crippen molar-refractivity contribution in [2.24, 2.45) is 5.73 Å². The molecule has 86 valence electrons.